The molecule has 1 amide bonds. The number of sulfonamides is 1. The normalized spacial score (nSPS) is 13.0. The minimum atomic E-state index is -3.82. The minimum Gasteiger partial charge on any atom is -0.398 e. The molecule has 4 N–H and O–H groups in total. The van der Waals surface area contributed by atoms with Gasteiger partial charge in [-0.15, -0.1) is 0 Å². The molecule has 0 aliphatic heterocycles. The van der Waals surface area contributed by atoms with Gasteiger partial charge >= 0.3 is 0 Å². The molecule has 0 aliphatic carbocycles. The van der Waals surface area contributed by atoms with Crippen molar-refractivity contribution in [3.05, 3.63) is 22.8 Å². The first-order valence-electron chi connectivity index (χ1n) is 6.78. The number of likely N-dealkylation sites (N-methyl/N-ethyl adjacent to an activating group) is 1. The van der Waals surface area contributed by atoms with Gasteiger partial charge in [-0.25, -0.2) is 8.42 Å². The van der Waals surface area contributed by atoms with E-state index in [4.69, 9.17) is 5.73 Å². The third-order valence-corrected chi connectivity index (χ3v) is 5.24. The molecule has 0 bridgehead atoms. The van der Waals surface area contributed by atoms with Gasteiger partial charge in [-0.05, 0) is 57.4 Å². The molecule has 0 radical (unpaired) electrons. The molecule has 118 valence electrons. The van der Waals surface area contributed by atoms with Gasteiger partial charge in [-0.2, -0.15) is 4.72 Å². The summed E-state index contributed by atoms with van der Waals surface area (Å²) in [5.74, 6) is -0.364. The van der Waals surface area contributed by atoms with Crippen molar-refractivity contribution in [1.82, 2.24) is 10.0 Å². The predicted molar refractivity (Wildman–Crippen MR) is 83.5 cm³/mol. The fourth-order valence-electron chi connectivity index (χ4n) is 2.12. The molecule has 1 rings (SSSR count). The number of nitrogens with two attached hydrogens (primary N) is 1. The summed E-state index contributed by atoms with van der Waals surface area (Å²) in [5, 5.41) is 2.58. The highest BCUT2D eigenvalue weighted by molar-refractivity contribution is 7.89. The molecule has 7 heteroatoms. The lowest BCUT2D eigenvalue weighted by atomic mass is 10.1. The Morgan fingerprint density at radius 2 is 1.86 bits per heavy atom. The Bertz CT molecular complexity index is 628. The van der Waals surface area contributed by atoms with Gasteiger partial charge in [-0.1, -0.05) is 0 Å². The van der Waals surface area contributed by atoms with Crippen LogP contribution >= 0.6 is 0 Å². The molecule has 6 nitrogen and oxygen atoms in total. The number of nitrogen functional groups attached to an aromatic ring is 1. The van der Waals surface area contributed by atoms with E-state index >= 15 is 0 Å². The Labute approximate surface area is 126 Å². The highest BCUT2D eigenvalue weighted by Gasteiger charge is 2.26. The van der Waals surface area contributed by atoms with Gasteiger partial charge in [0.25, 0.3) is 0 Å². The van der Waals surface area contributed by atoms with Crippen LogP contribution in [0, 0.1) is 20.8 Å². The van der Waals surface area contributed by atoms with Crippen LogP contribution in [-0.2, 0) is 14.8 Å². The Hall–Kier alpha value is -1.60. The van der Waals surface area contributed by atoms with Crippen LogP contribution in [0.3, 0.4) is 0 Å². The monoisotopic (exact) mass is 313 g/mol. The Balaban J connectivity index is 3.24. The number of aryl methyl sites for hydroxylation is 1. The number of benzene rings is 1. The van der Waals surface area contributed by atoms with E-state index in [9.17, 15) is 13.2 Å². The average molecular weight is 313 g/mol. The van der Waals surface area contributed by atoms with E-state index < -0.39 is 16.1 Å². The fraction of sp³-hybridized carbons (Fsp3) is 0.500. The van der Waals surface area contributed by atoms with E-state index in [1.165, 1.54) is 6.92 Å². The van der Waals surface area contributed by atoms with Gasteiger partial charge in [0, 0.05) is 12.2 Å². The summed E-state index contributed by atoms with van der Waals surface area (Å²) < 4.78 is 27.5. The van der Waals surface area contributed by atoms with Crippen molar-refractivity contribution in [2.75, 3.05) is 12.3 Å². The predicted octanol–water partition coefficient (Wildman–Crippen LogP) is 0.997. The molecule has 1 unspecified atom stereocenters. The number of amides is 1. The number of hydrogen-bond donors (Lipinski definition) is 3. The summed E-state index contributed by atoms with van der Waals surface area (Å²) in [6.45, 7) is 8.92. The zero-order valence-electron chi connectivity index (χ0n) is 13.1. The van der Waals surface area contributed by atoms with E-state index in [2.05, 4.69) is 10.0 Å². The maximum Gasteiger partial charge on any atom is 0.241 e. The van der Waals surface area contributed by atoms with E-state index in [1.807, 2.05) is 0 Å². The van der Waals surface area contributed by atoms with Crippen molar-refractivity contribution >= 4 is 21.6 Å². The topological polar surface area (TPSA) is 101 Å². The van der Waals surface area contributed by atoms with Gasteiger partial charge in [0.2, 0.25) is 15.9 Å². The minimum absolute atomic E-state index is 0.149. The summed E-state index contributed by atoms with van der Waals surface area (Å²) in [4.78, 5) is 11.8. The standard InChI is InChI=1S/C14H23N3O3S/c1-6-16-14(18)11(5)17-21(19,20)13-9(3)8(2)7-12(15)10(13)4/h7,11,17H,6,15H2,1-5H3,(H,16,18). The average Bonchev–Trinajstić information content (AvgIpc) is 2.36. The summed E-state index contributed by atoms with van der Waals surface area (Å²) >= 11 is 0. The molecule has 1 aromatic carbocycles. The van der Waals surface area contributed by atoms with Gasteiger partial charge < -0.3 is 11.1 Å². The van der Waals surface area contributed by atoms with E-state index in [0.717, 1.165) is 5.56 Å². The van der Waals surface area contributed by atoms with E-state index in [0.29, 0.717) is 23.4 Å². The van der Waals surface area contributed by atoms with Crippen LogP contribution in [0.5, 0.6) is 0 Å². The third kappa shape index (κ3) is 3.74. The van der Waals surface area contributed by atoms with Crippen LogP contribution in [0.15, 0.2) is 11.0 Å². The van der Waals surface area contributed by atoms with Crippen LogP contribution in [-0.4, -0.2) is 26.9 Å². The molecule has 0 spiro atoms. The fourth-order valence-corrected chi connectivity index (χ4v) is 3.89. The first-order chi connectivity index (χ1) is 9.61. The number of nitrogens with one attached hydrogen (secondary N) is 2. The molecule has 0 aliphatic rings. The highest BCUT2D eigenvalue weighted by atomic mass is 32.2. The SMILES string of the molecule is CCNC(=O)C(C)NS(=O)(=O)c1c(C)c(C)cc(N)c1C. The third-order valence-electron chi connectivity index (χ3n) is 3.42. The lowest BCUT2D eigenvalue weighted by Gasteiger charge is -2.18. The molecule has 0 fully saturated rings. The largest absolute Gasteiger partial charge is 0.398 e. The second-order valence-electron chi connectivity index (χ2n) is 5.10. The maximum absolute atomic E-state index is 12.6. The molecule has 1 atom stereocenters. The van der Waals surface area contributed by atoms with Gasteiger partial charge in [0.05, 0.1) is 10.9 Å². The maximum atomic E-state index is 12.6. The van der Waals surface area contributed by atoms with Crippen molar-refractivity contribution in [3.8, 4) is 0 Å². The van der Waals surface area contributed by atoms with E-state index in [-0.39, 0.29) is 10.8 Å². The quantitative estimate of drug-likeness (QED) is 0.706. The molecule has 0 heterocycles. The van der Waals surface area contributed by atoms with Crippen LogP contribution in [0.4, 0.5) is 5.69 Å². The Morgan fingerprint density at radius 1 is 1.29 bits per heavy atom. The molecular weight excluding hydrogens is 290 g/mol. The van der Waals surface area contributed by atoms with Gasteiger partial charge in [0.1, 0.15) is 0 Å². The number of rotatable bonds is 5. The zero-order valence-corrected chi connectivity index (χ0v) is 13.9. The highest BCUT2D eigenvalue weighted by Crippen LogP contribution is 2.27. The summed E-state index contributed by atoms with van der Waals surface area (Å²) in [7, 11) is -3.82. The molecular formula is C14H23N3O3S. The van der Waals surface area contributed by atoms with Crippen LogP contribution in [0.1, 0.15) is 30.5 Å². The summed E-state index contributed by atoms with van der Waals surface area (Å²) in [6.07, 6.45) is 0. The zero-order chi connectivity index (χ0) is 16.4. The first-order valence-corrected chi connectivity index (χ1v) is 8.26. The van der Waals surface area contributed by atoms with Crippen molar-refractivity contribution in [1.29, 1.82) is 0 Å². The second kappa shape index (κ2) is 6.44. The number of anilines is 1. The molecule has 21 heavy (non-hydrogen) atoms. The van der Waals surface area contributed by atoms with Crippen molar-refractivity contribution < 1.29 is 13.2 Å². The number of carbonyl (C=O) groups excluding carboxylic acids is 1. The summed E-state index contributed by atoms with van der Waals surface area (Å²) in [6, 6.07) is 0.896. The van der Waals surface area contributed by atoms with Crippen molar-refractivity contribution in [3.63, 3.8) is 0 Å². The molecule has 0 saturated carbocycles. The number of hydrogen-bond acceptors (Lipinski definition) is 4. The molecule has 0 aromatic heterocycles. The van der Waals surface area contributed by atoms with E-state index in [1.54, 1.807) is 33.8 Å². The van der Waals surface area contributed by atoms with Crippen LogP contribution in [0.25, 0.3) is 0 Å². The lowest BCUT2D eigenvalue weighted by molar-refractivity contribution is -0.122. The lowest BCUT2D eigenvalue weighted by Crippen LogP contribution is -2.45. The van der Waals surface area contributed by atoms with Gasteiger partial charge in [-0.3, -0.25) is 4.79 Å². The number of carbonyl (C=O) groups is 1. The van der Waals surface area contributed by atoms with Gasteiger partial charge in [0.15, 0.2) is 0 Å². The molecule has 1 aromatic rings. The molecule has 0 saturated heterocycles. The van der Waals surface area contributed by atoms with Crippen molar-refractivity contribution in [2.24, 2.45) is 0 Å². The van der Waals surface area contributed by atoms with Crippen molar-refractivity contribution in [2.45, 2.75) is 45.6 Å². The van der Waals surface area contributed by atoms with Crippen LogP contribution < -0.4 is 15.8 Å². The van der Waals surface area contributed by atoms with Crippen LogP contribution in [0.2, 0.25) is 0 Å². The second-order valence-corrected chi connectivity index (χ2v) is 6.75. The summed E-state index contributed by atoms with van der Waals surface area (Å²) in [5.41, 5.74) is 8.20. The Kier molecular flexibility index (Phi) is 5.36. The Morgan fingerprint density at radius 3 is 2.38 bits per heavy atom. The first kappa shape index (κ1) is 17.5. The smallest absolute Gasteiger partial charge is 0.241 e.